The molecule has 0 saturated carbocycles. The Morgan fingerprint density at radius 3 is 2.77 bits per heavy atom. The SMILES string of the molecule is Cc1ccc(NCC(=O)N2CCCC(C)C2)cc1C(F)(F)F. The van der Waals surface area contributed by atoms with Crippen LogP contribution in [0.1, 0.15) is 30.9 Å². The molecule has 1 heterocycles. The molecule has 1 aliphatic rings. The van der Waals surface area contributed by atoms with E-state index in [0.717, 1.165) is 32.0 Å². The molecule has 6 heteroatoms. The first kappa shape index (κ1) is 16.6. The molecule has 1 aromatic rings. The van der Waals surface area contributed by atoms with Gasteiger partial charge >= 0.3 is 6.18 Å². The second-order valence-electron chi connectivity index (χ2n) is 5.97. The van der Waals surface area contributed by atoms with E-state index >= 15 is 0 Å². The maximum absolute atomic E-state index is 12.9. The van der Waals surface area contributed by atoms with Crippen molar-refractivity contribution in [3.63, 3.8) is 0 Å². The summed E-state index contributed by atoms with van der Waals surface area (Å²) in [6, 6.07) is 4.04. The first-order valence-electron chi connectivity index (χ1n) is 7.47. The molecule has 2 rings (SSSR count). The average molecular weight is 314 g/mol. The molecule has 1 aromatic carbocycles. The van der Waals surface area contributed by atoms with E-state index in [1.165, 1.54) is 13.0 Å². The minimum Gasteiger partial charge on any atom is -0.376 e. The van der Waals surface area contributed by atoms with Crippen LogP contribution in [0.4, 0.5) is 18.9 Å². The molecule has 1 aliphatic heterocycles. The maximum atomic E-state index is 12.9. The van der Waals surface area contributed by atoms with Crippen LogP contribution in [0.25, 0.3) is 0 Å². The lowest BCUT2D eigenvalue weighted by atomic mass is 10.0. The van der Waals surface area contributed by atoms with Gasteiger partial charge in [-0.25, -0.2) is 0 Å². The van der Waals surface area contributed by atoms with Crippen molar-refractivity contribution in [3.05, 3.63) is 29.3 Å². The van der Waals surface area contributed by atoms with Gasteiger partial charge in [-0.15, -0.1) is 0 Å². The Morgan fingerprint density at radius 1 is 1.41 bits per heavy atom. The van der Waals surface area contributed by atoms with Crippen LogP contribution in [0.2, 0.25) is 0 Å². The monoisotopic (exact) mass is 314 g/mol. The Morgan fingerprint density at radius 2 is 2.14 bits per heavy atom. The van der Waals surface area contributed by atoms with Gasteiger partial charge in [0.1, 0.15) is 0 Å². The molecule has 22 heavy (non-hydrogen) atoms. The summed E-state index contributed by atoms with van der Waals surface area (Å²) in [5, 5.41) is 2.81. The molecule has 0 spiro atoms. The molecule has 1 fully saturated rings. The van der Waals surface area contributed by atoms with Crippen LogP contribution in [-0.4, -0.2) is 30.4 Å². The molecule has 1 amide bonds. The lowest BCUT2D eigenvalue weighted by Gasteiger charge is -2.31. The van der Waals surface area contributed by atoms with E-state index in [1.54, 1.807) is 11.0 Å². The lowest BCUT2D eigenvalue weighted by molar-refractivity contribution is -0.138. The Labute approximate surface area is 128 Å². The highest BCUT2D eigenvalue weighted by Gasteiger charge is 2.32. The molecule has 1 unspecified atom stereocenters. The van der Waals surface area contributed by atoms with Crippen molar-refractivity contribution < 1.29 is 18.0 Å². The number of benzene rings is 1. The van der Waals surface area contributed by atoms with Crippen molar-refractivity contribution in [2.45, 2.75) is 32.9 Å². The highest BCUT2D eigenvalue weighted by Crippen LogP contribution is 2.33. The van der Waals surface area contributed by atoms with Gasteiger partial charge in [0.25, 0.3) is 0 Å². The van der Waals surface area contributed by atoms with Crippen molar-refractivity contribution in [2.24, 2.45) is 5.92 Å². The summed E-state index contributed by atoms with van der Waals surface area (Å²) in [6.45, 7) is 5.00. The van der Waals surface area contributed by atoms with Gasteiger partial charge in [0.15, 0.2) is 0 Å². The summed E-state index contributed by atoms with van der Waals surface area (Å²) in [4.78, 5) is 13.9. The van der Waals surface area contributed by atoms with Gasteiger partial charge in [0.2, 0.25) is 5.91 Å². The second kappa shape index (κ2) is 6.58. The zero-order valence-corrected chi connectivity index (χ0v) is 12.8. The first-order valence-corrected chi connectivity index (χ1v) is 7.47. The molecule has 3 nitrogen and oxygen atoms in total. The number of carbonyl (C=O) groups excluding carboxylic acids is 1. The van der Waals surface area contributed by atoms with Crippen LogP contribution < -0.4 is 5.32 Å². The predicted molar refractivity (Wildman–Crippen MR) is 79.6 cm³/mol. The first-order chi connectivity index (χ1) is 10.3. The topological polar surface area (TPSA) is 32.3 Å². The van der Waals surface area contributed by atoms with Crippen LogP contribution in [0, 0.1) is 12.8 Å². The molecule has 122 valence electrons. The van der Waals surface area contributed by atoms with E-state index in [2.05, 4.69) is 12.2 Å². The van der Waals surface area contributed by atoms with Gasteiger partial charge in [-0.2, -0.15) is 13.2 Å². The minimum absolute atomic E-state index is 0.0209. The third-order valence-electron chi connectivity index (χ3n) is 4.00. The number of aryl methyl sites for hydroxylation is 1. The molecule has 1 atom stereocenters. The number of amides is 1. The summed E-state index contributed by atoms with van der Waals surface area (Å²) in [6.07, 6.45) is -2.28. The third kappa shape index (κ3) is 4.15. The summed E-state index contributed by atoms with van der Waals surface area (Å²) in [7, 11) is 0. The van der Waals surface area contributed by atoms with Gasteiger partial charge in [-0.05, 0) is 43.4 Å². The van der Waals surface area contributed by atoms with Gasteiger partial charge in [0, 0.05) is 18.8 Å². The Kier molecular flexibility index (Phi) is 4.98. The van der Waals surface area contributed by atoms with Crippen LogP contribution in [0.15, 0.2) is 18.2 Å². The smallest absolute Gasteiger partial charge is 0.376 e. The van der Waals surface area contributed by atoms with Crippen LogP contribution in [0.5, 0.6) is 0 Å². The summed E-state index contributed by atoms with van der Waals surface area (Å²) in [5.41, 5.74) is -0.179. The van der Waals surface area contributed by atoms with Crippen LogP contribution in [-0.2, 0) is 11.0 Å². The average Bonchev–Trinajstić information content (AvgIpc) is 2.45. The molecule has 1 N–H and O–H groups in total. The lowest BCUT2D eigenvalue weighted by Crippen LogP contribution is -2.41. The van der Waals surface area contributed by atoms with Crippen molar-refractivity contribution in [1.82, 2.24) is 4.90 Å². The highest BCUT2D eigenvalue weighted by atomic mass is 19.4. The standard InChI is InChI=1S/C16H21F3N2O/c1-11-4-3-7-21(10-11)15(22)9-20-13-6-5-12(2)14(8-13)16(17,18)19/h5-6,8,11,20H,3-4,7,9-10H2,1-2H3. The Bertz CT molecular complexity index is 543. The molecule has 0 bridgehead atoms. The van der Waals surface area contributed by atoms with E-state index in [-0.39, 0.29) is 18.0 Å². The fourth-order valence-corrected chi connectivity index (χ4v) is 2.74. The van der Waals surface area contributed by atoms with E-state index in [4.69, 9.17) is 0 Å². The van der Waals surface area contributed by atoms with Gasteiger partial charge in [0.05, 0.1) is 12.1 Å². The number of carbonyl (C=O) groups is 1. The Hall–Kier alpha value is -1.72. The largest absolute Gasteiger partial charge is 0.416 e. The number of likely N-dealkylation sites (tertiary alicyclic amines) is 1. The fourth-order valence-electron chi connectivity index (χ4n) is 2.74. The zero-order valence-electron chi connectivity index (χ0n) is 12.8. The summed E-state index contributed by atoms with van der Waals surface area (Å²) in [5.74, 6) is 0.412. The number of rotatable bonds is 3. The molecule has 1 saturated heterocycles. The summed E-state index contributed by atoms with van der Waals surface area (Å²) < 4.78 is 38.6. The van der Waals surface area contributed by atoms with Crippen molar-refractivity contribution >= 4 is 11.6 Å². The molecule has 0 aliphatic carbocycles. The van der Waals surface area contributed by atoms with Crippen molar-refractivity contribution in [3.8, 4) is 0 Å². The van der Waals surface area contributed by atoms with Crippen LogP contribution >= 0.6 is 0 Å². The van der Waals surface area contributed by atoms with Gasteiger partial charge in [-0.3, -0.25) is 4.79 Å². The number of nitrogens with zero attached hydrogens (tertiary/aromatic N) is 1. The van der Waals surface area contributed by atoms with Crippen LogP contribution in [0.3, 0.4) is 0 Å². The number of nitrogens with one attached hydrogen (secondary N) is 1. The highest BCUT2D eigenvalue weighted by molar-refractivity contribution is 5.81. The molecule has 0 aromatic heterocycles. The number of halogens is 3. The zero-order chi connectivity index (χ0) is 16.3. The van der Waals surface area contributed by atoms with Gasteiger partial charge in [-0.1, -0.05) is 13.0 Å². The number of anilines is 1. The molecule has 0 radical (unpaired) electrons. The van der Waals surface area contributed by atoms with E-state index < -0.39 is 11.7 Å². The van der Waals surface area contributed by atoms with E-state index in [0.29, 0.717) is 11.6 Å². The number of hydrogen-bond donors (Lipinski definition) is 1. The number of hydrogen-bond acceptors (Lipinski definition) is 2. The van der Waals surface area contributed by atoms with Crippen molar-refractivity contribution in [2.75, 3.05) is 25.0 Å². The molecular formula is C16H21F3N2O. The molecular weight excluding hydrogens is 293 g/mol. The number of alkyl halides is 3. The van der Waals surface area contributed by atoms with Crippen molar-refractivity contribution in [1.29, 1.82) is 0 Å². The predicted octanol–water partition coefficient (Wildman–Crippen LogP) is 3.68. The fraction of sp³-hybridized carbons (Fsp3) is 0.562. The third-order valence-corrected chi connectivity index (χ3v) is 4.00. The quantitative estimate of drug-likeness (QED) is 0.923. The van der Waals surface area contributed by atoms with E-state index in [9.17, 15) is 18.0 Å². The minimum atomic E-state index is -4.38. The van der Waals surface area contributed by atoms with E-state index in [1.807, 2.05) is 0 Å². The second-order valence-corrected chi connectivity index (χ2v) is 5.97. The summed E-state index contributed by atoms with van der Waals surface area (Å²) >= 11 is 0. The normalized spacial score (nSPS) is 19.1. The van der Waals surface area contributed by atoms with Gasteiger partial charge < -0.3 is 10.2 Å². The maximum Gasteiger partial charge on any atom is 0.416 e. The number of piperidine rings is 1. The Balaban J connectivity index is 1.98.